The normalized spacial score (nSPS) is 13.5. The lowest BCUT2D eigenvalue weighted by Crippen LogP contribution is -1.96. The van der Waals surface area contributed by atoms with Crippen molar-refractivity contribution in [3.63, 3.8) is 0 Å². The average Bonchev–Trinajstić information content (AvgIpc) is 2.72. The molecule has 0 aliphatic rings. The van der Waals surface area contributed by atoms with Crippen LogP contribution in [0.3, 0.4) is 0 Å². The number of benzene rings is 2. The predicted octanol–water partition coefficient (Wildman–Crippen LogP) is 8.05. The fraction of sp³-hybridized carbons (Fsp3) is 0.500. The van der Waals surface area contributed by atoms with Crippen LogP contribution < -0.4 is 0 Å². The summed E-state index contributed by atoms with van der Waals surface area (Å²) in [7, 11) is 3.08. The molecule has 0 amide bonds. The minimum atomic E-state index is 0.324. The summed E-state index contributed by atoms with van der Waals surface area (Å²) in [6, 6.07) is 8.42. The fourth-order valence-corrected chi connectivity index (χ4v) is 5.47. The lowest BCUT2D eigenvalue weighted by Gasteiger charge is -2.18. The quantitative estimate of drug-likeness (QED) is 0.404. The summed E-state index contributed by atoms with van der Waals surface area (Å²) in [4.78, 5) is 1.76. The molecule has 0 aliphatic heterocycles. The van der Waals surface area contributed by atoms with Gasteiger partial charge in [0.15, 0.2) is 0 Å². The van der Waals surface area contributed by atoms with Crippen LogP contribution in [0.15, 0.2) is 34.1 Å². The molecule has 2 atom stereocenters. The first-order chi connectivity index (χ1) is 13.4. The first-order valence-electron chi connectivity index (χ1n) is 10.4. The van der Waals surface area contributed by atoms with Gasteiger partial charge in [0.1, 0.15) is 11.5 Å². The molecule has 154 valence electrons. The molecule has 2 rings (SSSR count). The number of hydrogen-bond donors (Lipinski definition) is 2. The van der Waals surface area contributed by atoms with Gasteiger partial charge in [-0.2, -0.15) is 0 Å². The molecule has 0 saturated carbocycles. The highest BCUT2D eigenvalue weighted by Gasteiger charge is 2.18. The van der Waals surface area contributed by atoms with Crippen LogP contribution in [-0.2, 0) is 12.8 Å². The summed E-state index contributed by atoms with van der Waals surface area (Å²) < 4.78 is 0. The molecule has 0 fully saturated rings. The summed E-state index contributed by atoms with van der Waals surface area (Å²) in [5, 5.41) is 21.7. The van der Waals surface area contributed by atoms with Gasteiger partial charge in [0.05, 0.1) is 9.79 Å². The topological polar surface area (TPSA) is 40.5 Å². The Morgan fingerprint density at radius 1 is 0.679 bits per heavy atom. The van der Waals surface area contributed by atoms with Gasteiger partial charge in [0.2, 0.25) is 0 Å². The molecule has 2 aromatic rings. The summed E-state index contributed by atoms with van der Waals surface area (Å²) in [6.07, 6.45) is 3.87. The second-order valence-electron chi connectivity index (χ2n) is 7.56. The van der Waals surface area contributed by atoms with Crippen LogP contribution in [0.4, 0.5) is 0 Å². The lowest BCUT2D eigenvalue weighted by molar-refractivity contribution is 0.448. The van der Waals surface area contributed by atoms with Crippen LogP contribution in [-0.4, -0.2) is 10.2 Å². The Kier molecular flexibility index (Phi) is 8.63. The van der Waals surface area contributed by atoms with Gasteiger partial charge in [-0.25, -0.2) is 0 Å². The Morgan fingerprint density at radius 3 is 1.32 bits per heavy atom. The van der Waals surface area contributed by atoms with Crippen molar-refractivity contribution in [1.29, 1.82) is 0 Å². The molecule has 0 aromatic heterocycles. The minimum Gasteiger partial charge on any atom is -0.506 e. The lowest BCUT2D eigenvalue weighted by atomic mass is 9.95. The van der Waals surface area contributed by atoms with Gasteiger partial charge in [-0.1, -0.05) is 53.7 Å². The molecule has 2 N–H and O–H groups in total. The van der Waals surface area contributed by atoms with Crippen molar-refractivity contribution in [1.82, 2.24) is 0 Å². The summed E-state index contributed by atoms with van der Waals surface area (Å²) in [5.41, 5.74) is 4.53. The number of phenolic OH excluding ortho intramolecular Hbond substituents is 2. The molecule has 0 saturated heterocycles. The summed E-state index contributed by atoms with van der Waals surface area (Å²) >= 11 is 0. The maximum absolute atomic E-state index is 10.8. The zero-order chi connectivity index (χ0) is 20.8. The van der Waals surface area contributed by atoms with Crippen molar-refractivity contribution in [2.75, 3.05) is 0 Å². The third-order valence-electron chi connectivity index (χ3n) is 5.65. The smallest absolute Gasteiger partial charge is 0.133 e. The Hall–Kier alpha value is -1.26. The molecular formula is C24H34O2S2. The van der Waals surface area contributed by atoms with E-state index in [1.54, 1.807) is 0 Å². The molecule has 2 unspecified atom stereocenters. The molecule has 0 radical (unpaired) electrons. The molecular weight excluding hydrogens is 384 g/mol. The second kappa shape index (κ2) is 10.5. The van der Waals surface area contributed by atoms with Crippen molar-refractivity contribution in [2.24, 2.45) is 0 Å². The zero-order valence-corrected chi connectivity index (χ0v) is 19.6. The first kappa shape index (κ1) is 23.0. The van der Waals surface area contributed by atoms with Crippen LogP contribution >= 0.6 is 21.6 Å². The zero-order valence-electron chi connectivity index (χ0n) is 18.0. The number of aromatic hydroxyl groups is 2. The molecule has 0 heterocycles. The highest BCUT2D eigenvalue weighted by molar-refractivity contribution is 8.76. The maximum atomic E-state index is 10.8. The van der Waals surface area contributed by atoms with Gasteiger partial charge >= 0.3 is 0 Å². The highest BCUT2D eigenvalue weighted by atomic mass is 33.1. The van der Waals surface area contributed by atoms with Crippen molar-refractivity contribution >= 4 is 21.6 Å². The molecule has 0 spiro atoms. The van der Waals surface area contributed by atoms with E-state index in [4.69, 9.17) is 0 Å². The number of aryl methyl sites for hydroxylation is 2. The van der Waals surface area contributed by atoms with Crippen molar-refractivity contribution in [3.05, 3.63) is 46.5 Å². The summed E-state index contributed by atoms with van der Waals surface area (Å²) in [5.74, 6) is 1.42. The van der Waals surface area contributed by atoms with E-state index < -0.39 is 0 Å². The number of hydrogen-bond acceptors (Lipinski definition) is 4. The van der Waals surface area contributed by atoms with Gasteiger partial charge in [0.25, 0.3) is 0 Å². The van der Waals surface area contributed by atoms with Gasteiger partial charge < -0.3 is 10.2 Å². The Balaban J connectivity index is 2.38. The minimum absolute atomic E-state index is 0.324. The van der Waals surface area contributed by atoms with Crippen LogP contribution in [0.5, 0.6) is 11.5 Å². The third-order valence-corrected chi connectivity index (χ3v) is 8.04. The Bertz CT molecular complexity index is 734. The van der Waals surface area contributed by atoms with E-state index in [1.165, 1.54) is 32.7 Å². The predicted molar refractivity (Wildman–Crippen MR) is 124 cm³/mol. The largest absolute Gasteiger partial charge is 0.506 e. The maximum Gasteiger partial charge on any atom is 0.133 e. The van der Waals surface area contributed by atoms with Crippen molar-refractivity contribution in [3.8, 4) is 11.5 Å². The van der Waals surface area contributed by atoms with E-state index in [1.807, 2.05) is 0 Å². The molecule has 0 aliphatic carbocycles. The van der Waals surface area contributed by atoms with E-state index in [0.29, 0.717) is 23.3 Å². The third kappa shape index (κ3) is 5.21. The van der Waals surface area contributed by atoms with E-state index in [-0.39, 0.29) is 0 Å². The van der Waals surface area contributed by atoms with Crippen LogP contribution in [0, 0.1) is 0 Å². The molecule has 2 nitrogen and oxygen atoms in total. The SMILES string of the molecule is CCc1cc(SSc2cc(CC)cc(C(C)CC)c2O)c(O)c(C(C)CC)c1. The van der Waals surface area contributed by atoms with E-state index in [2.05, 4.69) is 65.8 Å². The molecule has 2 aromatic carbocycles. The van der Waals surface area contributed by atoms with E-state index in [9.17, 15) is 10.2 Å². The highest BCUT2D eigenvalue weighted by Crippen LogP contribution is 2.49. The van der Waals surface area contributed by atoms with Crippen molar-refractivity contribution < 1.29 is 10.2 Å². The van der Waals surface area contributed by atoms with Gasteiger partial charge in [-0.15, -0.1) is 0 Å². The fourth-order valence-electron chi connectivity index (χ4n) is 3.19. The van der Waals surface area contributed by atoms with Crippen LogP contribution in [0.25, 0.3) is 0 Å². The summed E-state index contributed by atoms with van der Waals surface area (Å²) in [6.45, 7) is 12.9. The average molecular weight is 419 g/mol. The van der Waals surface area contributed by atoms with Gasteiger partial charge in [0, 0.05) is 0 Å². The van der Waals surface area contributed by atoms with Crippen LogP contribution in [0.1, 0.15) is 88.5 Å². The molecule has 28 heavy (non-hydrogen) atoms. The first-order valence-corrected chi connectivity index (χ1v) is 12.6. The molecule has 4 heteroatoms. The number of rotatable bonds is 9. The standard InChI is InChI=1S/C24H34O2S2/c1-7-15(5)19-11-17(9-3)13-21(23(19)25)27-28-22-14-18(10-4)12-20(24(22)26)16(6)8-2/h11-16,25-26H,7-10H2,1-6H3. The second-order valence-corrected chi connectivity index (χ2v) is 9.77. The Labute approximate surface area is 178 Å². The van der Waals surface area contributed by atoms with Gasteiger partial charge in [-0.05, 0) is 93.5 Å². The Morgan fingerprint density at radius 2 is 1.04 bits per heavy atom. The monoisotopic (exact) mass is 418 g/mol. The van der Waals surface area contributed by atoms with Gasteiger partial charge in [-0.3, -0.25) is 0 Å². The van der Waals surface area contributed by atoms with E-state index in [0.717, 1.165) is 46.6 Å². The number of phenols is 2. The van der Waals surface area contributed by atoms with Crippen LogP contribution in [0.2, 0.25) is 0 Å². The molecule has 0 bridgehead atoms. The van der Waals surface area contributed by atoms with Crippen molar-refractivity contribution in [2.45, 2.75) is 88.9 Å². The van der Waals surface area contributed by atoms with E-state index >= 15 is 0 Å².